The number of aromatic nitrogens is 2. The van der Waals surface area contributed by atoms with Crippen molar-refractivity contribution in [3.63, 3.8) is 0 Å². The molecule has 64 valence electrons. The maximum absolute atomic E-state index is 5.53. The molecule has 0 aliphatic heterocycles. The largest absolute Gasteiger partial charge is 0.336 e. The highest BCUT2D eigenvalue weighted by atomic mass is 14.9. The Morgan fingerprint density at radius 2 is 2.50 bits per heavy atom. The second kappa shape index (κ2) is 3.93. The first-order valence-corrected chi connectivity index (χ1v) is 3.94. The van der Waals surface area contributed by atoms with Crippen molar-refractivity contribution in [2.45, 2.75) is 26.3 Å². The number of aromatic amines is 1. The van der Waals surface area contributed by atoms with E-state index in [0.717, 1.165) is 17.9 Å². The highest BCUT2D eigenvalue weighted by Gasteiger charge is 1.90. The van der Waals surface area contributed by atoms with E-state index in [0.29, 0.717) is 0 Å². The van der Waals surface area contributed by atoms with E-state index in [1.165, 1.54) is 0 Å². The Balaban J connectivity index is 2.55. The summed E-state index contributed by atoms with van der Waals surface area (Å²) in [5, 5.41) is 0. The molecule has 12 heavy (non-hydrogen) atoms. The second-order valence-corrected chi connectivity index (χ2v) is 2.87. The summed E-state index contributed by atoms with van der Waals surface area (Å²) in [5.41, 5.74) is 6.39. The summed E-state index contributed by atoms with van der Waals surface area (Å²) in [6.45, 7) is 3.84. The lowest BCUT2D eigenvalue weighted by Crippen LogP contribution is -2.12. The number of rotatable bonds is 1. The van der Waals surface area contributed by atoms with Gasteiger partial charge in [0.05, 0.1) is 6.20 Å². The van der Waals surface area contributed by atoms with Crippen LogP contribution >= 0.6 is 0 Å². The first-order chi connectivity index (χ1) is 5.68. The van der Waals surface area contributed by atoms with Gasteiger partial charge >= 0.3 is 0 Å². The number of H-pyrrole nitrogens is 1. The van der Waals surface area contributed by atoms with E-state index in [1.54, 1.807) is 6.20 Å². The predicted octanol–water partition coefficient (Wildman–Crippen LogP) is 0.807. The Bertz CT molecular complexity index is 301. The minimum atomic E-state index is 0.140. The molecular formula is C9H13N3. The van der Waals surface area contributed by atoms with Crippen LogP contribution in [0, 0.1) is 18.8 Å². The van der Waals surface area contributed by atoms with Crippen molar-refractivity contribution in [1.29, 1.82) is 0 Å². The summed E-state index contributed by atoms with van der Waals surface area (Å²) in [7, 11) is 0. The van der Waals surface area contributed by atoms with Crippen molar-refractivity contribution >= 4 is 0 Å². The van der Waals surface area contributed by atoms with Crippen molar-refractivity contribution in [3.8, 4) is 11.8 Å². The van der Waals surface area contributed by atoms with Crippen molar-refractivity contribution in [1.82, 2.24) is 9.97 Å². The fourth-order valence-electron chi connectivity index (χ4n) is 0.792. The topological polar surface area (TPSA) is 54.7 Å². The van der Waals surface area contributed by atoms with Crippen LogP contribution in [-0.4, -0.2) is 16.0 Å². The van der Waals surface area contributed by atoms with E-state index in [4.69, 9.17) is 5.73 Å². The van der Waals surface area contributed by atoms with E-state index in [-0.39, 0.29) is 6.04 Å². The number of hydrogen-bond acceptors (Lipinski definition) is 2. The molecular weight excluding hydrogens is 150 g/mol. The van der Waals surface area contributed by atoms with Gasteiger partial charge < -0.3 is 10.7 Å². The van der Waals surface area contributed by atoms with Gasteiger partial charge in [0.15, 0.2) is 0 Å². The van der Waals surface area contributed by atoms with E-state index in [1.807, 2.05) is 13.8 Å². The standard InChI is InChI=1S/C9H13N3/c1-7(10)4-3-5-9-6-11-8(2)12-9/h6-7H,4,10H2,1-2H3,(H,11,12)/t7-/m0/s1. The molecule has 3 nitrogen and oxygen atoms in total. The molecule has 3 N–H and O–H groups in total. The molecule has 0 unspecified atom stereocenters. The molecule has 1 atom stereocenters. The number of hydrogen-bond donors (Lipinski definition) is 2. The highest BCUT2D eigenvalue weighted by molar-refractivity contribution is 5.25. The zero-order valence-corrected chi connectivity index (χ0v) is 7.39. The van der Waals surface area contributed by atoms with Gasteiger partial charge in [-0.25, -0.2) is 4.98 Å². The minimum Gasteiger partial charge on any atom is -0.336 e. The van der Waals surface area contributed by atoms with Gasteiger partial charge in [-0.2, -0.15) is 0 Å². The highest BCUT2D eigenvalue weighted by Crippen LogP contribution is 1.92. The third-order valence-corrected chi connectivity index (χ3v) is 1.35. The monoisotopic (exact) mass is 163 g/mol. The van der Waals surface area contributed by atoms with Gasteiger partial charge in [0.2, 0.25) is 0 Å². The van der Waals surface area contributed by atoms with Crippen molar-refractivity contribution in [2.24, 2.45) is 5.73 Å². The van der Waals surface area contributed by atoms with Crippen molar-refractivity contribution < 1.29 is 0 Å². The van der Waals surface area contributed by atoms with Crippen LogP contribution in [0.2, 0.25) is 0 Å². The molecule has 1 rings (SSSR count). The fourth-order valence-corrected chi connectivity index (χ4v) is 0.792. The van der Waals surface area contributed by atoms with Gasteiger partial charge in [-0.3, -0.25) is 0 Å². The van der Waals surface area contributed by atoms with Gasteiger partial charge in [0.25, 0.3) is 0 Å². The molecule has 0 aromatic carbocycles. The quantitative estimate of drug-likeness (QED) is 0.602. The van der Waals surface area contributed by atoms with Crippen LogP contribution in [0.5, 0.6) is 0 Å². The molecule has 0 radical (unpaired) electrons. The minimum absolute atomic E-state index is 0.140. The Labute approximate surface area is 72.4 Å². The zero-order valence-electron chi connectivity index (χ0n) is 7.39. The van der Waals surface area contributed by atoms with Crippen LogP contribution in [0.1, 0.15) is 24.9 Å². The predicted molar refractivity (Wildman–Crippen MR) is 48.5 cm³/mol. The molecule has 0 saturated carbocycles. The summed E-state index contributed by atoms with van der Waals surface area (Å²) in [6.07, 6.45) is 2.45. The number of nitrogens with zero attached hydrogens (tertiary/aromatic N) is 1. The Morgan fingerprint density at radius 3 is 3.00 bits per heavy atom. The molecule has 0 saturated heterocycles. The molecule has 0 aliphatic rings. The summed E-state index contributed by atoms with van der Waals surface area (Å²) in [6, 6.07) is 0.140. The molecule has 0 fully saturated rings. The maximum atomic E-state index is 5.53. The second-order valence-electron chi connectivity index (χ2n) is 2.87. The SMILES string of the molecule is Cc1ncc(C#CC[C@H](C)N)[nH]1. The van der Waals surface area contributed by atoms with Gasteiger partial charge in [-0.15, -0.1) is 0 Å². The first-order valence-electron chi connectivity index (χ1n) is 3.94. The van der Waals surface area contributed by atoms with Crippen LogP contribution in [0.25, 0.3) is 0 Å². The van der Waals surface area contributed by atoms with Crippen LogP contribution in [0.4, 0.5) is 0 Å². The maximum Gasteiger partial charge on any atom is 0.109 e. The van der Waals surface area contributed by atoms with E-state index < -0.39 is 0 Å². The van der Waals surface area contributed by atoms with Crippen molar-refractivity contribution in [2.75, 3.05) is 0 Å². The zero-order chi connectivity index (χ0) is 8.97. The summed E-state index contributed by atoms with van der Waals surface area (Å²) in [4.78, 5) is 7.05. The third kappa shape index (κ3) is 2.77. The fraction of sp³-hybridized carbons (Fsp3) is 0.444. The normalized spacial score (nSPS) is 11.9. The molecule has 1 aromatic heterocycles. The molecule has 3 heteroatoms. The van der Waals surface area contributed by atoms with Crippen LogP contribution in [0.15, 0.2) is 6.20 Å². The van der Waals surface area contributed by atoms with Crippen LogP contribution in [-0.2, 0) is 0 Å². The van der Waals surface area contributed by atoms with Gasteiger partial charge in [-0.1, -0.05) is 5.92 Å². The molecule has 0 amide bonds. The van der Waals surface area contributed by atoms with Crippen LogP contribution in [0.3, 0.4) is 0 Å². The van der Waals surface area contributed by atoms with Crippen LogP contribution < -0.4 is 5.73 Å². The molecule has 1 heterocycles. The first kappa shape index (κ1) is 8.82. The third-order valence-electron chi connectivity index (χ3n) is 1.35. The Morgan fingerprint density at radius 1 is 1.75 bits per heavy atom. The lowest BCUT2D eigenvalue weighted by molar-refractivity contribution is 0.771. The molecule has 0 aliphatic carbocycles. The van der Waals surface area contributed by atoms with Gasteiger partial charge in [0, 0.05) is 12.5 Å². The molecule has 0 bridgehead atoms. The number of aryl methyl sites for hydroxylation is 1. The summed E-state index contributed by atoms with van der Waals surface area (Å²) >= 11 is 0. The smallest absolute Gasteiger partial charge is 0.109 e. The lowest BCUT2D eigenvalue weighted by Gasteiger charge is -1.93. The van der Waals surface area contributed by atoms with Gasteiger partial charge in [-0.05, 0) is 19.8 Å². The van der Waals surface area contributed by atoms with E-state index in [2.05, 4.69) is 21.8 Å². The van der Waals surface area contributed by atoms with Crippen molar-refractivity contribution in [3.05, 3.63) is 17.7 Å². The Hall–Kier alpha value is -1.27. The average molecular weight is 163 g/mol. The van der Waals surface area contributed by atoms with E-state index >= 15 is 0 Å². The Kier molecular flexibility index (Phi) is 2.89. The molecule has 0 spiro atoms. The number of nitrogens with two attached hydrogens (primary N) is 1. The summed E-state index contributed by atoms with van der Waals surface area (Å²) < 4.78 is 0. The number of imidazole rings is 1. The average Bonchev–Trinajstić information content (AvgIpc) is 2.35. The lowest BCUT2D eigenvalue weighted by atomic mass is 10.2. The summed E-state index contributed by atoms with van der Waals surface area (Å²) in [5.74, 6) is 6.81. The number of nitrogens with one attached hydrogen (secondary N) is 1. The van der Waals surface area contributed by atoms with Gasteiger partial charge in [0.1, 0.15) is 11.5 Å². The molecule has 1 aromatic rings. The van der Waals surface area contributed by atoms with E-state index in [9.17, 15) is 0 Å².